The van der Waals surface area contributed by atoms with Crippen LogP contribution in [0, 0.1) is 29.6 Å². The van der Waals surface area contributed by atoms with Crippen LogP contribution in [0.3, 0.4) is 0 Å². The minimum Gasteiger partial charge on any atom is -0.476 e. The van der Waals surface area contributed by atoms with Crippen LogP contribution in [-0.4, -0.2) is 20.8 Å². The normalized spacial score (nSPS) is 10.0. The molecule has 3 rings (SSSR count). The molecule has 1 aromatic heterocycles. The molecule has 0 bridgehead atoms. The summed E-state index contributed by atoms with van der Waals surface area (Å²) >= 11 is 0. The Labute approximate surface area is 155 Å². The molecule has 0 saturated carbocycles. The van der Waals surface area contributed by atoms with Gasteiger partial charge in [-0.1, -0.05) is 30.3 Å². The Morgan fingerprint density at radius 3 is 2.67 bits per heavy atom. The number of rotatable bonds is 5. The van der Waals surface area contributed by atoms with Gasteiger partial charge in [-0.2, -0.15) is 15.3 Å². The molecular formula is C20H14N4O3. The van der Waals surface area contributed by atoms with Crippen molar-refractivity contribution in [3.63, 3.8) is 0 Å². The monoisotopic (exact) mass is 358 g/mol. The van der Waals surface area contributed by atoms with Crippen LogP contribution in [0.15, 0.2) is 48.5 Å². The molecule has 0 aliphatic heterocycles. The number of imidazole rings is 1. The maximum Gasteiger partial charge on any atom is 0.357 e. The molecule has 0 saturated heterocycles. The number of nitriles is 2. The first-order chi connectivity index (χ1) is 13.0. The van der Waals surface area contributed by atoms with Crippen molar-refractivity contribution in [2.24, 2.45) is 0 Å². The van der Waals surface area contributed by atoms with E-state index in [-0.39, 0.29) is 23.8 Å². The highest BCUT2D eigenvalue weighted by atomic mass is 16.7. The highest BCUT2D eigenvalue weighted by Gasteiger charge is 2.23. The summed E-state index contributed by atoms with van der Waals surface area (Å²) in [6.07, 6.45) is 0. The molecule has 0 aliphatic rings. The van der Waals surface area contributed by atoms with Crippen molar-refractivity contribution in [3.8, 4) is 23.5 Å². The Kier molecular flexibility index (Phi) is 4.87. The molecule has 0 atom stereocenters. The summed E-state index contributed by atoms with van der Waals surface area (Å²) in [5.41, 5.74) is 2.22. The number of benzene rings is 2. The summed E-state index contributed by atoms with van der Waals surface area (Å²) in [6.45, 7) is 1.56. The molecule has 0 radical (unpaired) electrons. The zero-order chi connectivity index (χ0) is 19.4. The molecule has 0 aliphatic carbocycles. The van der Waals surface area contributed by atoms with Crippen molar-refractivity contribution < 1.29 is 14.7 Å². The minimum absolute atomic E-state index is 0.00917. The summed E-state index contributed by atoms with van der Waals surface area (Å²) in [4.78, 5) is 21.8. The number of aromatic nitrogens is 2. The van der Waals surface area contributed by atoms with Gasteiger partial charge in [0.2, 0.25) is 0 Å². The van der Waals surface area contributed by atoms with E-state index < -0.39 is 5.97 Å². The number of hydrogen-bond acceptors (Lipinski definition) is 5. The molecule has 132 valence electrons. The van der Waals surface area contributed by atoms with Crippen LogP contribution < -0.4 is 4.84 Å². The lowest BCUT2D eigenvalue weighted by Gasteiger charge is -2.13. The summed E-state index contributed by atoms with van der Waals surface area (Å²) in [7, 11) is 0. The standard InChI is InChI=1S/C20H14N4O3/c1-13-18(20(25)26)24(27-12-17-7-3-2-6-16(17)11-22)19(23-13)15-8-4-5-14(9-15)10-21/h2-9H,12H2,1H3,(H,25,26). The zero-order valence-corrected chi connectivity index (χ0v) is 14.4. The quantitative estimate of drug-likeness (QED) is 0.750. The van der Waals surface area contributed by atoms with Gasteiger partial charge in [-0.25, -0.2) is 9.78 Å². The van der Waals surface area contributed by atoms with Gasteiger partial charge in [0, 0.05) is 11.1 Å². The average molecular weight is 358 g/mol. The van der Waals surface area contributed by atoms with Gasteiger partial charge in [-0.3, -0.25) is 0 Å². The van der Waals surface area contributed by atoms with Crippen molar-refractivity contribution in [3.05, 3.63) is 76.6 Å². The SMILES string of the molecule is Cc1nc(-c2cccc(C#N)c2)n(OCc2ccccc2C#N)c1C(=O)O. The van der Waals surface area contributed by atoms with E-state index in [9.17, 15) is 15.2 Å². The highest BCUT2D eigenvalue weighted by molar-refractivity contribution is 5.88. The molecule has 7 heteroatoms. The molecule has 1 N–H and O–H groups in total. The Hall–Kier alpha value is -4.10. The van der Waals surface area contributed by atoms with Gasteiger partial charge in [-0.05, 0) is 25.1 Å². The van der Waals surface area contributed by atoms with E-state index in [0.29, 0.717) is 22.3 Å². The third-order valence-corrected chi connectivity index (χ3v) is 3.95. The van der Waals surface area contributed by atoms with Gasteiger partial charge in [0.05, 0.1) is 29.0 Å². The van der Waals surface area contributed by atoms with Crippen molar-refractivity contribution >= 4 is 5.97 Å². The van der Waals surface area contributed by atoms with Crippen LogP contribution in [0.4, 0.5) is 0 Å². The Morgan fingerprint density at radius 2 is 1.96 bits per heavy atom. The van der Waals surface area contributed by atoms with Gasteiger partial charge in [0.25, 0.3) is 0 Å². The number of aryl methyl sites for hydroxylation is 1. The lowest BCUT2D eigenvalue weighted by Crippen LogP contribution is -2.19. The predicted octanol–water partition coefficient (Wildman–Crippen LogP) is 2.93. The van der Waals surface area contributed by atoms with Crippen LogP contribution in [0.1, 0.15) is 32.9 Å². The third-order valence-electron chi connectivity index (χ3n) is 3.95. The van der Waals surface area contributed by atoms with E-state index >= 15 is 0 Å². The third kappa shape index (κ3) is 3.48. The fourth-order valence-corrected chi connectivity index (χ4v) is 2.68. The smallest absolute Gasteiger partial charge is 0.357 e. The van der Waals surface area contributed by atoms with Crippen LogP contribution in [0.2, 0.25) is 0 Å². The van der Waals surface area contributed by atoms with Gasteiger partial charge in [-0.15, -0.1) is 0 Å². The van der Waals surface area contributed by atoms with Gasteiger partial charge in [0.15, 0.2) is 11.5 Å². The second-order valence-corrected chi connectivity index (χ2v) is 5.70. The molecular weight excluding hydrogens is 344 g/mol. The molecule has 0 fully saturated rings. The summed E-state index contributed by atoms with van der Waals surface area (Å²) < 4.78 is 1.14. The first kappa shape index (κ1) is 17.7. The van der Waals surface area contributed by atoms with Crippen molar-refractivity contribution in [2.75, 3.05) is 0 Å². The Bertz CT molecular complexity index is 1100. The van der Waals surface area contributed by atoms with Gasteiger partial charge < -0.3 is 9.94 Å². The molecule has 0 unspecified atom stereocenters. The molecule has 1 heterocycles. The highest BCUT2D eigenvalue weighted by Crippen LogP contribution is 2.23. The summed E-state index contributed by atoms with van der Waals surface area (Å²) in [6, 6.07) is 17.7. The number of carboxylic acids is 1. The first-order valence-corrected chi connectivity index (χ1v) is 7.99. The van der Waals surface area contributed by atoms with E-state index in [2.05, 4.69) is 11.1 Å². The summed E-state index contributed by atoms with van der Waals surface area (Å²) in [5, 5.41) is 27.9. The topological polar surface area (TPSA) is 112 Å². The number of hydrogen-bond donors (Lipinski definition) is 1. The van der Waals surface area contributed by atoms with Crippen LogP contribution >= 0.6 is 0 Å². The molecule has 7 nitrogen and oxygen atoms in total. The Morgan fingerprint density at radius 1 is 1.19 bits per heavy atom. The summed E-state index contributed by atoms with van der Waals surface area (Å²) in [5.74, 6) is -0.910. The predicted molar refractivity (Wildman–Crippen MR) is 95.5 cm³/mol. The number of carboxylic acid groups (broad SMARTS) is 1. The molecule has 2 aromatic carbocycles. The largest absolute Gasteiger partial charge is 0.476 e. The van der Waals surface area contributed by atoms with Crippen LogP contribution in [0.5, 0.6) is 0 Å². The fraction of sp³-hybridized carbons (Fsp3) is 0.100. The molecule has 3 aromatic rings. The van der Waals surface area contributed by atoms with E-state index in [1.165, 1.54) is 0 Å². The first-order valence-electron chi connectivity index (χ1n) is 7.99. The lowest BCUT2D eigenvalue weighted by molar-refractivity contribution is 0.0574. The van der Waals surface area contributed by atoms with Crippen molar-refractivity contribution in [2.45, 2.75) is 13.5 Å². The minimum atomic E-state index is -1.18. The second kappa shape index (κ2) is 7.42. The maximum atomic E-state index is 11.7. The average Bonchev–Trinajstić information content (AvgIpc) is 3.03. The van der Waals surface area contributed by atoms with E-state index in [1.54, 1.807) is 55.5 Å². The fourth-order valence-electron chi connectivity index (χ4n) is 2.68. The second-order valence-electron chi connectivity index (χ2n) is 5.70. The molecule has 0 amide bonds. The van der Waals surface area contributed by atoms with Crippen molar-refractivity contribution in [1.82, 2.24) is 9.71 Å². The molecule has 27 heavy (non-hydrogen) atoms. The lowest BCUT2D eigenvalue weighted by atomic mass is 10.1. The molecule has 0 spiro atoms. The zero-order valence-electron chi connectivity index (χ0n) is 14.4. The van der Waals surface area contributed by atoms with Gasteiger partial charge in [0.1, 0.15) is 6.61 Å². The van der Waals surface area contributed by atoms with E-state index in [0.717, 1.165) is 4.73 Å². The number of nitrogens with zero attached hydrogens (tertiary/aromatic N) is 4. The van der Waals surface area contributed by atoms with Crippen LogP contribution in [0.25, 0.3) is 11.4 Å². The van der Waals surface area contributed by atoms with E-state index in [4.69, 9.17) is 10.1 Å². The number of carbonyl (C=O) groups is 1. The Balaban J connectivity index is 2.06. The van der Waals surface area contributed by atoms with Gasteiger partial charge >= 0.3 is 5.97 Å². The van der Waals surface area contributed by atoms with Crippen molar-refractivity contribution in [1.29, 1.82) is 10.5 Å². The number of aromatic carboxylic acids is 1. The van der Waals surface area contributed by atoms with Crippen LogP contribution in [-0.2, 0) is 6.61 Å². The maximum absolute atomic E-state index is 11.7. The van der Waals surface area contributed by atoms with E-state index in [1.807, 2.05) is 6.07 Å².